The molecule has 1 aliphatic rings. The van der Waals surface area contributed by atoms with Gasteiger partial charge in [-0.25, -0.2) is 4.68 Å². The number of rotatable bonds is 6. The van der Waals surface area contributed by atoms with Crippen molar-refractivity contribution in [2.75, 3.05) is 13.7 Å². The number of nitrogens with one attached hydrogen (secondary N) is 2. The first-order valence-corrected chi connectivity index (χ1v) is 9.92. The van der Waals surface area contributed by atoms with E-state index in [2.05, 4.69) is 26.2 Å². The molecule has 2 aromatic carbocycles. The highest BCUT2D eigenvalue weighted by Crippen LogP contribution is 2.37. The van der Waals surface area contributed by atoms with Gasteiger partial charge in [-0.2, -0.15) is 13.2 Å². The molecule has 3 aromatic rings. The Bertz CT molecular complexity index is 982. The van der Waals surface area contributed by atoms with Gasteiger partial charge < -0.3 is 10.1 Å². The Morgan fingerprint density at radius 1 is 1.13 bits per heavy atom. The predicted octanol–water partition coefficient (Wildman–Crippen LogP) is 2.88. The van der Waals surface area contributed by atoms with Crippen LogP contribution in [0.2, 0.25) is 0 Å². The van der Waals surface area contributed by atoms with Gasteiger partial charge in [0.15, 0.2) is 5.72 Å². The van der Waals surface area contributed by atoms with Crippen LogP contribution >= 0.6 is 0 Å². The molecule has 0 radical (unpaired) electrons. The molecular formula is C21H23F3N6O. The Labute approximate surface area is 177 Å². The second-order valence-corrected chi connectivity index (χ2v) is 7.44. The Hall–Kier alpha value is -2.82. The van der Waals surface area contributed by atoms with E-state index in [4.69, 9.17) is 4.74 Å². The van der Waals surface area contributed by atoms with Crippen molar-refractivity contribution in [3.05, 3.63) is 77.6 Å². The summed E-state index contributed by atoms with van der Waals surface area (Å²) in [6, 6.07) is 18.4. The number of tetrazole rings is 1. The normalized spacial score (nSPS) is 24.3. The molecule has 1 fully saturated rings. The van der Waals surface area contributed by atoms with Crippen LogP contribution < -0.4 is 10.6 Å². The van der Waals surface area contributed by atoms with Crippen molar-refractivity contribution in [3.8, 4) is 0 Å². The van der Waals surface area contributed by atoms with E-state index in [1.165, 1.54) is 0 Å². The van der Waals surface area contributed by atoms with E-state index >= 15 is 0 Å². The number of nitrogens with zero attached hydrogens (tertiary/aromatic N) is 4. The van der Waals surface area contributed by atoms with Crippen molar-refractivity contribution in [2.24, 2.45) is 0 Å². The molecule has 0 amide bonds. The van der Waals surface area contributed by atoms with Crippen molar-refractivity contribution >= 4 is 0 Å². The SMILES string of the molecule is CO[C@]1(c2ccccc2)NCC(n2nnnc2C(F)(F)F)C[C@@H]1NCc1ccccc1. The van der Waals surface area contributed by atoms with E-state index in [1.54, 1.807) is 7.11 Å². The zero-order chi connectivity index (χ0) is 21.9. The summed E-state index contributed by atoms with van der Waals surface area (Å²) in [6.45, 7) is 0.736. The van der Waals surface area contributed by atoms with Gasteiger partial charge in [0.1, 0.15) is 0 Å². The lowest BCUT2D eigenvalue weighted by Crippen LogP contribution is -2.63. The number of piperidine rings is 1. The number of hydrogen-bond donors (Lipinski definition) is 2. The number of alkyl halides is 3. The molecule has 0 spiro atoms. The predicted molar refractivity (Wildman–Crippen MR) is 107 cm³/mol. The summed E-state index contributed by atoms with van der Waals surface area (Å²) in [6.07, 6.45) is -4.30. The molecule has 1 aliphatic heterocycles. The molecule has 164 valence electrons. The molecule has 0 bridgehead atoms. The summed E-state index contributed by atoms with van der Waals surface area (Å²) in [7, 11) is 1.59. The van der Waals surface area contributed by atoms with Gasteiger partial charge in [-0.3, -0.25) is 5.32 Å². The fraction of sp³-hybridized carbons (Fsp3) is 0.381. The topological polar surface area (TPSA) is 76.9 Å². The van der Waals surface area contributed by atoms with Gasteiger partial charge in [0.05, 0.1) is 12.1 Å². The fourth-order valence-corrected chi connectivity index (χ4v) is 4.11. The number of benzene rings is 2. The maximum Gasteiger partial charge on any atom is 0.453 e. The van der Waals surface area contributed by atoms with Gasteiger partial charge in [0, 0.05) is 25.8 Å². The summed E-state index contributed by atoms with van der Waals surface area (Å²) < 4.78 is 46.9. The van der Waals surface area contributed by atoms with Crippen LogP contribution in [0.5, 0.6) is 0 Å². The van der Waals surface area contributed by atoms with Gasteiger partial charge in [0.25, 0.3) is 5.82 Å². The Balaban J connectivity index is 1.65. The lowest BCUT2D eigenvalue weighted by Gasteiger charge is -2.47. The summed E-state index contributed by atoms with van der Waals surface area (Å²) in [5.41, 5.74) is 1.02. The molecule has 7 nitrogen and oxygen atoms in total. The highest BCUT2D eigenvalue weighted by atomic mass is 19.4. The van der Waals surface area contributed by atoms with Crippen LogP contribution in [0.3, 0.4) is 0 Å². The van der Waals surface area contributed by atoms with Crippen molar-refractivity contribution in [2.45, 2.75) is 37.0 Å². The van der Waals surface area contributed by atoms with E-state index < -0.39 is 23.8 Å². The summed E-state index contributed by atoms with van der Waals surface area (Å²) in [4.78, 5) is 0. The quantitative estimate of drug-likeness (QED) is 0.624. The Kier molecular flexibility index (Phi) is 6.03. The summed E-state index contributed by atoms with van der Waals surface area (Å²) >= 11 is 0. The fourth-order valence-electron chi connectivity index (χ4n) is 4.11. The van der Waals surface area contributed by atoms with Gasteiger partial charge in [-0.1, -0.05) is 60.7 Å². The first kappa shape index (κ1) is 21.4. The molecule has 0 saturated carbocycles. The molecule has 4 rings (SSSR count). The number of hydrogen-bond acceptors (Lipinski definition) is 6. The Morgan fingerprint density at radius 3 is 2.45 bits per heavy atom. The molecular weight excluding hydrogens is 409 g/mol. The monoisotopic (exact) mass is 432 g/mol. The number of halogens is 3. The van der Waals surface area contributed by atoms with Crippen LogP contribution in [-0.2, 0) is 23.2 Å². The minimum atomic E-state index is -4.63. The third-order valence-corrected chi connectivity index (χ3v) is 5.61. The van der Waals surface area contributed by atoms with E-state index in [0.717, 1.165) is 15.8 Å². The number of ether oxygens (including phenoxy) is 1. The third-order valence-electron chi connectivity index (χ3n) is 5.61. The molecule has 2 heterocycles. The van der Waals surface area contributed by atoms with Crippen LogP contribution in [0.25, 0.3) is 0 Å². The van der Waals surface area contributed by atoms with Crippen LogP contribution in [0, 0.1) is 0 Å². The molecule has 3 atom stereocenters. The van der Waals surface area contributed by atoms with Crippen LogP contribution in [0.1, 0.15) is 29.4 Å². The van der Waals surface area contributed by atoms with Crippen molar-refractivity contribution in [1.82, 2.24) is 30.8 Å². The molecule has 1 unspecified atom stereocenters. The van der Waals surface area contributed by atoms with Gasteiger partial charge in [-0.15, -0.1) is 5.10 Å². The van der Waals surface area contributed by atoms with Crippen molar-refractivity contribution in [1.29, 1.82) is 0 Å². The van der Waals surface area contributed by atoms with E-state index in [-0.39, 0.29) is 12.6 Å². The van der Waals surface area contributed by atoms with Gasteiger partial charge in [-0.05, 0) is 22.4 Å². The summed E-state index contributed by atoms with van der Waals surface area (Å²) in [5.74, 6) is -1.11. The molecule has 0 aliphatic carbocycles. The van der Waals surface area contributed by atoms with Gasteiger partial charge >= 0.3 is 6.18 Å². The smallest absolute Gasteiger partial charge is 0.358 e. The number of methoxy groups -OCH3 is 1. The Morgan fingerprint density at radius 2 is 1.81 bits per heavy atom. The number of aromatic nitrogens is 4. The standard InChI is InChI=1S/C21H23F3N6O/c1-31-20(16-10-6-3-7-11-16)18(25-13-15-8-4-2-5-9-15)12-17(14-26-20)30-19(21(22,23)24)27-28-29-30/h2-11,17-18,25-26H,12-14H2,1H3/t17?,18-,20-/m0/s1. The van der Waals surface area contributed by atoms with Crippen LogP contribution in [-0.4, -0.2) is 39.9 Å². The molecule has 10 heteroatoms. The first-order chi connectivity index (χ1) is 14.9. The van der Waals surface area contributed by atoms with Gasteiger partial charge in [0.2, 0.25) is 0 Å². The second kappa shape index (κ2) is 8.74. The lowest BCUT2D eigenvalue weighted by atomic mass is 9.85. The molecule has 1 saturated heterocycles. The minimum Gasteiger partial charge on any atom is -0.358 e. The summed E-state index contributed by atoms with van der Waals surface area (Å²) in [5, 5.41) is 16.9. The average molecular weight is 432 g/mol. The first-order valence-electron chi connectivity index (χ1n) is 9.92. The highest BCUT2D eigenvalue weighted by molar-refractivity contribution is 5.26. The van der Waals surface area contributed by atoms with Crippen molar-refractivity contribution in [3.63, 3.8) is 0 Å². The lowest BCUT2D eigenvalue weighted by molar-refractivity contribution is -0.150. The molecule has 31 heavy (non-hydrogen) atoms. The molecule has 2 N–H and O–H groups in total. The maximum atomic E-state index is 13.4. The maximum absolute atomic E-state index is 13.4. The third kappa shape index (κ3) is 4.32. The van der Waals surface area contributed by atoms with E-state index in [1.807, 2.05) is 60.7 Å². The zero-order valence-electron chi connectivity index (χ0n) is 16.9. The average Bonchev–Trinajstić information content (AvgIpc) is 3.29. The highest BCUT2D eigenvalue weighted by Gasteiger charge is 2.48. The van der Waals surface area contributed by atoms with Crippen LogP contribution in [0.4, 0.5) is 13.2 Å². The minimum absolute atomic E-state index is 0.209. The van der Waals surface area contributed by atoms with Crippen LogP contribution in [0.15, 0.2) is 60.7 Å². The second-order valence-electron chi connectivity index (χ2n) is 7.44. The molecule has 1 aromatic heterocycles. The van der Waals surface area contributed by atoms with E-state index in [0.29, 0.717) is 13.0 Å². The largest absolute Gasteiger partial charge is 0.453 e. The zero-order valence-corrected chi connectivity index (χ0v) is 16.9. The van der Waals surface area contributed by atoms with E-state index in [9.17, 15) is 13.2 Å². The van der Waals surface area contributed by atoms with Crippen molar-refractivity contribution < 1.29 is 17.9 Å².